The number of anilines is 1. The van der Waals surface area contributed by atoms with Crippen molar-refractivity contribution in [1.82, 2.24) is 4.58 Å². The molecule has 196 valence electrons. The van der Waals surface area contributed by atoms with E-state index in [2.05, 4.69) is 0 Å². The fourth-order valence-electron chi connectivity index (χ4n) is 5.04. The Kier molecular flexibility index (Phi) is 5.27. The second-order valence-corrected chi connectivity index (χ2v) is 9.54. The summed E-state index contributed by atoms with van der Waals surface area (Å²) in [6.07, 6.45) is 0. The maximum atomic E-state index is 15.3. The highest BCUT2D eigenvalue weighted by molar-refractivity contribution is 6.08. The molecule has 38 heavy (non-hydrogen) atoms. The van der Waals surface area contributed by atoms with Crippen LogP contribution in [0.25, 0.3) is 33.4 Å². The fourth-order valence-corrected chi connectivity index (χ4v) is 5.04. The first-order chi connectivity index (χ1) is 18.0. The largest absolute Gasteiger partial charge is 0.465 e. The van der Waals surface area contributed by atoms with Gasteiger partial charge in [0.05, 0.1) is 37.5 Å². The molecule has 11 heteroatoms. The van der Waals surface area contributed by atoms with E-state index in [4.69, 9.17) is 9.15 Å². The third-order valence-electron chi connectivity index (χ3n) is 6.83. The van der Waals surface area contributed by atoms with Gasteiger partial charge in [-0.15, -0.1) is 0 Å². The number of esters is 1. The van der Waals surface area contributed by atoms with E-state index in [1.54, 1.807) is 18.2 Å². The van der Waals surface area contributed by atoms with E-state index in [9.17, 15) is 22.4 Å². The molecule has 0 spiro atoms. The number of hydrogen-bond acceptors (Lipinski definition) is 4. The molecule has 0 radical (unpaired) electrons. The minimum atomic E-state index is -2.95. The summed E-state index contributed by atoms with van der Waals surface area (Å²) in [5, 5.41) is 0.0495. The fraction of sp³-hybridized carbons (Fsp3) is 0.259. The van der Waals surface area contributed by atoms with Gasteiger partial charge in [0.25, 0.3) is 5.92 Å². The van der Waals surface area contributed by atoms with Gasteiger partial charge in [-0.3, -0.25) is 0 Å². The molecule has 5 nitrogen and oxygen atoms in total. The Labute approximate surface area is 211 Å². The van der Waals surface area contributed by atoms with Gasteiger partial charge in [0.2, 0.25) is 18.4 Å². The lowest BCUT2D eigenvalue weighted by atomic mass is 9.90. The maximum Gasteiger partial charge on any atom is 0.361 e. The Bertz CT molecular complexity index is 1660. The molecule has 3 aliphatic heterocycles. The Morgan fingerprint density at radius 2 is 1.66 bits per heavy atom. The predicted octanol–water partition coefficient (Wildman–Crippen LogP) is 5.15. The molecule has 0 N–H and O–H groups in total. The highest BCUT2D eigenvalue weighted by Gasteiger charge is 2.50. The lowest BCUT2D eigenvalue weighted by Gasteiger charge is -2.40. The van der Waals surface area contributed by atoms with Crippen molar-refractivity contribution in [2.45, 2.75) is 11.8 Å². The Morgan fingerprint density at radius 3 is 2.32 bits per heavy atom. The second kappa shape index (κ2) is 8.24. The molecule has 0 atom stereocenters. The molecule has 0 bridgehead atoms. The number of carbonyl (C=O) groups excluding carboxylic acids is 1. The van der Waals surface area contributed by atoms with Crippen LogP contribution in [-0.2, 0) is 4.74 Å². The third-order valence-corrected chi connectivity index (χ3v) is 6.83. The second-order valence-electron chi connectivity index (χ2n) is 9.54. The zero-order valence-corrected chi connectivity index (χ0v) is 19.8. The summed E-state index contributed by atoms with van der Waals surface area (Å²) in [6, 6.07) is 11.0. The predicted molar refractivity (Wildman–Crippen MR) is 127 cm³/mol. The van der Waals surface area contributed by atoms with Crippen LogP contribution < -0.4 is 14.8 Å². The maximum absolute atomic E-state index is 15.3. The molecular formula is C27H19F6N2O3+. The van der Waals surface area contributed by atoms with Crippen LogP contribution in [0.4, 0.5) is 32.0 Å². The average molecular weight is 533 g/mol. The van der Waals surface area contributed by atoms with Gasteiger partial charge in [0.1, 0.15) is 17.2 Å². The van der Waals surface area contributed by atoms with Gasteiger partial charge in [0, 0.05) is 22.6 Å². The number of hydrogen-bond donors (Lipinski definition) is 0. The summed E-state index contributed by atoms with van der Waals surface area (Å²) >= 11 is 0. The molecule has 0 saturated carbocycles. The van der Waals surface area contributed by atoms with E-state index in [0.29, 0.717) is 0 Å². The molecule has 4 aliphatic rings. The number of halogens is 6. The zero-order chi connectivity index (χ0) is 27.0. The highest BCUT2D eigenvalue weighted by Crippen LogP contribution is 2.44. The lowest BCUT2D eigenvalue weighted by Crippen LogP contribution is -2.58. The van der Waals surface area contributed by atoms with Crippen LogP contribution in [0, 0.1) is 11.6 Å². The Hall–Kier alpha value is -4.02. The van der Waals surface area contributed by atoms with Gasteiger partial charge < -0.3 is 14.1 Å². The number of methoxy groups -OCH3 is 1. The third kappa shape index (κ3) is 3.88. The van der Waals surface area contributed by atoms with Crippen molar-refractivity contribution in [2.24, 2.45) is 0 Å². The number of rotatable bonds is 3. The summed E-state index contributed by atoms with van der Waals surface area (Å²) in [7, 11) is 1.19. The number of nitrogens with zero attached hydrogens (tertiary/aromatic N) is 2. The van der Waals surface area contributed by atoms with Gasteiger partial charge in [-0.2, -0.15) is 13.2 Å². The number of carbonyl (C=O) groups is 1. The quantitative estimate of drug-likeness (QED) is 0.158. The van der Waals surface area contributed by atoms with Gasteiger partial charge in [-0.1, -0.05) is 18.2 Å². The van der Waals surface area contributed by atoms with Crippen molar-refractivity contribution in [1.29, 1.82) is 0 Å². The lowest BCUT2D eigenvalue weighted by molar-refractivity contribution is -0.0649. The SMILES string of the molecule is COC(=O)c1ccccc1-c1c2cc(F)c(=[N+]3CC(F)(F)C3)cc-2oc2cc(N3CC(F)(F)C3)c(F)cc12. The molecule has 2 saturated heterocycles. The van der Waals surface area contributed by atoms with Crippen LogP contribution in [0.2, 0.25) is 0 Å². The van der Waals surface area contributed by atoms with E-state index < -0.39 is 55.6 Å². The number of alkyl halides is 4. The van der Waals surface area contributed by atoms with Gasteiger partial charge in [-0.05, 0) is 23.8 Å². The molecule has 3 heterocycles. The summed E-state index contributed by atoms with van der Waals surface area (Å²) in [4.78, 5) is 13.7. The van der Waals surface area contributed by atoms with Crippen molar-refractivity contribution in [2.75, 3.05) is 38.2 Å². The summed E-state index contributed by atoms with van der Waals surface area (Å²) in [6.45, 7) is -2.67. The smallest absolute Gasteiger partial charge is 0.361 e. The number of benzene rings is 3. The van der Waals surface area contributed by atoms with Crippen LogP contribution in [0.1, 0.15) is 10.4 Å². The first kappa shape index (κ1) is 24.3. The van der Waals surface area contributed by atoms with E-state index in [-0.39, 0.29) is 50.0 Å². The molecule has 2 aromatic rings. The first-order valence-corrected chi connectivity index (χ1v) is 11.6. The van der Waals surface area contributed by atoms with Gasteiger partial charge in [-0.25, -0.2) is 22.5 Å². The molecule has 6 rings (SSSR count). The average Bonchev–Trinajstić information content (AvgIpc) is 2.83. The Morgan fingerprint density at radius 1 is 0.947 bits per heavy atom. The van der Waals surface area contributed by atoms with Crippen LogP contribution in [0.15, 0.2) is 52.9 Å². The van der Waals surface area contributed by atoms with Crippen LogP contribution >= 0.6 is 0 Å². The van der Waals surface area contributed by atoms with Crippen molar-refractivity contribution in [3.8, 4) is 22.5 Å². The van der Waals surface area contributed by atoms with Crippen LogP contribution in [0.3, 0.4) is 0 Å². The standard InChI is InChI=1S/C27H19F6N2O3/c1-37-25(36)15-5-3-2-4-14(15)24-16-6-18(28)20(34-10-26(30,31)11-34)8-22(16)38-23-9-21(19(29)7-17(23)24)35-12-27(32,33)13-35/h2-9H,10-13H2,1H3/q+1. The molecule has 0 amide bonds. The molecule has 2 aromatic carbocycles. The highest BCUT2D eigenvalue weighted by atomic mass is 19.3. The van der Waals surface area contributed by atoms with Crippen LogP contribution in [-0.4, -0.2) is 51.1 Å². The van der Waals surface area contributed by atoms with Crippen molar-refractivity contribution < 1.29 is 40.3 Å². The first-order valence-electron chi connectivity index (χ1n) is 11.6. The molecule has 1 aliphatic carbocycles. The summed E-state index contributed by atoms with van der Waals surface area (Å²) in [5.74, 6) is -8.12. The minimum Gasteiger partial charge on any atom is -0.465 e. The van der Waals surface area contributed by atoms with E-state index in [0.717, 1.165) is 21.6 Å². The minimum absolute atomic E-state index is 0.0743. The van der Waals surface area contributed by atoms with E-state index in [1.807, 2.05) is 0 Å². The molecular weight excluding hydrogens is 514 g/mol. The van der Waals surface area contributed by atoms with E-state index >= 15 is 8.78 Å². The molecule has 0 unspecified atom stereocenters. The number of fused-ring (bicyclic) bond motifs is 2. The van der Waals surface area contributed by atoms with E-state index in [1.165, 1.54) is 25.3 Å². The zero-order valence-electron chi connectivity index (χ0n) is 19.8. The van der Waals surface area contributed by atoms with Crippen molar-refractivity contribution in [3.63, 3.8) is 0 Å². The van der Waals surface area contributed by atoms with Crippen molar-refractivity contribution in [3.05, 3.63) is 71.1 Å². The van der Waals surface area contributed by atoms with Crippen molar-refractivity contribution >= 4 is 22.6 Å². The monoisotopic (exact) mass is 533 g/mol. The topological polar surface area (TPSA) is 45.7 Å². The summed E-state index contributed by atoms with van der Waals surface area (Å²) in [5.41, 5.74) is 0.762. The Balaban J connectivity index is 1.67. The van der Waals surface area contributed by atoms with Gasteiger partial charge in [0.15, 0.2) is 5.82 Å². The normalized spacial score (nSPS) is 17.9. The van der Waals surface area contributed by atoms with Crippen LogP contribution in [0.5, 0.6) is 0 Å². The molecule has 0 aromatic heterocycles. The molecule has 2 fully saturated rings. The number of ether oxygens (including phenoxy) is 1. The van der Waals surface area contributed by atoms with Gasteiger partial charge >= 0.3 is 11.9 Å². The summed E-state index contributed by atoms with van der Waals surface area (Å²) < 4.78 is 96.6.